The molecule has 11 aromatic rings. The summed E-state index contributed by atoms with van der Waals surface area (Å²) in [4.78, 5) is 0. The zero-order chi connectivity index (χ0) is 42.9. The Balaban J connectivity index is 0.891. The Labute approximate surface area is 379 Å². The molecule has 10 aromatic carbocycles. The molecule has 0 bridgehead atoms. The van der Waals surface area contributed by atoms with Crippen LogP contribution in [0.25, 0.3) is 60.9 Å². The van der Waals surface area contributed by atoms with E-state index in [1.807, 2.05) is 0 Å². The number of benzene rings is 10. The molecule has 0 amide bonds. The van der Waals surface area contributed by atoms with Gasteiger partial charge in [-0.05, 0) is 85.5 Å². The molecule has 3 nitrogen and oxygen atoms in total. The minimum absolute atomic E-state index is 0.303. The summed E-state index contributed by atoms with van der Waals surface area (Å²) in [5, 5.41) is 7.90. The van der Waals surface area contributed by atoms with Crippen molar-refractivity contribution in [3.8, 4) is 56.3 Å². The first-order valence-corrected chi connectivity index (χ1v) is 24.4. The average Bonchev–Trinajstić information content (AvgIpc) is 3.72. The second-order valence-electron chi connectivity index (χ2n) is 17.1. The molecule has 65 heavy (non-hydrogen) atoms. The molecule has 304 valence electrons. The van der Waals surface area contributed by atoms with Crippen LogP contribution in [0.5, 0.6) is 17.2 Å². The van der Waals surface area contributed by atoms with E-state index in [1.165, 1.54) is 48.1 Å². The van der Waals surface area contributed by atoms with Gasteiger partial charge in [-0.15, -0.1) is 0 Å². The van der Waals surface area contributed by atoms with Gasteiger partial charge in [-0.2, -0.15) is 0 Å². The predicted molar refractivity (Wildman–Crippen MR) is 273 cm³/mol. The SMILES string of the molecule is c1ccc([Si](c2ccccc2)(c2ccccc2)c2cccc(-c3ccc4c(c3)-c3cccc5c3B(O4)c3ccc(-c4ccccc4-n4c6ccccc6c6ccccc64)cc3O5)c2)cc1. The summed E-state index contributed by atoms with van der Waals surface area (Å²) in [6, 6.07) is 88.3. The molecule has 0 saturated carbocycles. The topological polar surface area (TPSA) is 23.4 Å². The van der Waals surface area contributed by atoms with Crippen molar-refractivity contribution >= 4 is 68.5 Å². The molecule has 0 saturated heterocycles. The maximum absolute atomic E-state index is 7.06. The Bertz CT molecular complexity index is 3470. The zero-order valence-electron chi connectivity index (χ0n) is 35.4. The van der Waals surface area contributed by atoms with Crippen LogP contribution in [-0.2, 0) is 0 Å². The molecule has 2 aliphatic rings. The minimum Gasteiger partial charge on any atom is -0.551 e. The second-order valence-corrected chi connectivity index (χ2v) is 20.9. The summed E-state index contributed by atoms with van der Waals surface area (Å²) in [7, 11) is -2.71. The maximum atomic E-state index is 7.06. The first kappa shape index (κ1) is 37.4. The highest BCUT2D eigenvalue weighted by molar-refractivity contribution is 7.19. The highest BCUT2D eigenvalue weighted by Crippen LogP contribution is 2.42. The van der Waals surface area contributed by atoms with Gasteiger partial charge in [-0.1, -0.05) is 200 Å². The largest absolute Gasteiger partial charge is 0.551 e. The van der Waals surface area contributed by atoms with Crippen LogP contribution < -0.4 is 41.1 Å². The van der Waals surface area contributed by atoms with Gasteiger partial charge in [0.15, 0.2) is 8.07 Å². The third kappa shape index (κ3) is 5.83. The van der Waals surface area contributed by atoms with E-state index in [-0.39, 0.29) is 6.92 Å². The summed E-state index contributed by atoms with van der Waals surface area (Å²) >= 11 is 0. The summed E-state index contributed by atoms with van der Waals surface area (Å²) in [6.45, 7) is -0.303. The highest BCUT2D eigenvalue weighted by atomic mass is 28.3. The van der Waals surface area contributed by atoms with E-state index < -0.39 is 8.07 Å². The lowest BCUT2D eigenvalue weighted by atomic mass is 9.51. The van der Waals surface area contributed by atoms with Gasteiger partial charge in [0.2, 0.25) is 0 Å². The van der Waals surface area contributed by atoms with Crippen molar-refractivity contribution in [2.45, 2.75) is 0 Å². The van der Waals surface area contributed by atoms with Gasteiger partial charge in [0, 0.05) is 32.8 Å². The quantitative estimate of drug-likeness (QED) is 0.118. The molecular weight excluding hydrogens is 806 g/mol. The van der Waals surface area contributed by atoms with E-state index in [4.69, 9.17) is 9.39 Å². The van der Waals surface area contributed by atoms with E-state index in [0.29, 0.717) is 0 Å². The fraction of sp³-hybridized carbons (Fsp3) is 0. The van der Waals surface area contributed by atoms with Gasteiger partial charge in [0.1, 0.15) is 17.2 Å². The number of nitrogens with zero attached hydrogens (tertiary/aromatic N) is 1. The molecular formula is C60H40BNO2Si. The average molecular weight is 846 g/mol. The molecule has 0 radical (unpaired) electrons. The van der Waals surface area contributed by atoms with Crippen molar-refractivity contribution in [3.63, 3.8) is 0 Å². The van der Waals surface area contributed by atoms with Gasteiger partial charge in [-0.3, -0.25) is 0 Å². The fourth-order valence-electron chi connectivity index (χ4n) is 10.8. The Morgan fingerprint density at radius 3 is 1.60 bits per heavy atom. The van der Waals surface area contributed by atoms with Gasteiger partial charge in [-0.25, -0.2) is 0 Å². The van der Waals surface area contributed by atoms with E-state index >= 15 is 0 Å². The lowest BCUT2D eigenvalue weighted by Crippen LogP contribution is -2.74. The van der Waals surface area contributed by atoms with Crippen molar-refractivity contribution in [1.29, 1.82) is 0 Å². The van der Waals surface area contributed by atoms with E-state index in [1.54, 1.807) is 0 Å². The molecule has 0 spiro atoms. The van der Waals surface area contributed by atoms with E-state index in [9.17, 15) is 0 Å². The molecule has 0 atom stereocenters. The van der Waals surface area contributed by atoms with Crippen molar-refractivity contribution in [3.05, 3.63) is 243 Å². The van der Waals surface area contributed by atoms with Crippen LogP contribution in [0.15, 0.2) is 243 Å². The number of hydrogen-bond acceptors (Lipinski definition) is 2. The molecule has 0 N–H and O–H groups in total. The molecule has 0 unspecified atom stereocenters. The zero-order valence-corrected chi connectivity index (χ0v) is 36.4. The van der Waals surface area contributed by atoms with Gasteiger partial charge in [0.25, 0.3) is 0 Å². The monoisotopic (exact) mass is 845 g/mol. The molecule has 0 fully saturated rings. The van der Waals surface area contributed by atoms with Crippen LogP contribution in [0.4, 0.5) is 0 Å². The van der Waals surface area contributed by atoms with E-state index in [2.05, 4.69) is 247 Å². The van der Waals surface area contributed by atoms with E-state index in [0.717, 1.165) is 61.7 Å². The van der Waals surface area contributed by atoms with Gasteiger partial charge >= 0.3 is 6.92 Å². The second kappa shape index (κ2) is 15.0. The summed E-state index contributed by atoms with van der Waals surface area (Å²) < 4.78 is 16.3. The van der Waals surface area contributed by atoms with Crippen LogP contribution in [0.2, 0.25) is 0 Å². The molecule has 3 heterocycles. The van der Waals surface area contributed by atoms with Crippen LogP contribution in [0, 0.1) is 0 Å². The highest BCUT2D eigenvalue weighted by Gasteiger charge is 2.43. The Hall–Kier alpha value is -8.12. The van der Waals surface area contributed by atoms with Crippen molar-refractivity contribution in [2.24, 2.45) is 0 Å². The summed E-state index contributed by atoms with van der Waals surface area (Å²) in [6.07, 6.45) is 0. The van der Waals surface area contributed by atoms with Crippen molar-refractivity contribution in [2.75, 3.05) is 0 Å². The number of ether oxygens (including phenoxy) is 1. The van der Waals surface area contributed by atoms with Gasteiger partial charge < -0.3 is 14.0 Å². The number of para-hydroxylation sites is 3. The lowest BCUT2D eigenvalue weighted by molar-refractivity contribution is 0.479. The van der Waals surface area contributed by atoms with Gasteiger partial charge in [0.05, 0.1) is 16.7 Å². The molecule has 0 aliphatic carbocycles. The fourth-order valence-corrected chi connectivity index (χ4v) is 15.6. The van der Waals surface area contributed by atoms with Crippen LogP contribution >= 0.6 is 0 Å². The number of aromatic nitrogens is 1. The third-order valence-electron chi connectivity index (χ3n) is 13.6. The maximum Gasteiger partial charge on any atom is 0.434 e. The first-order chi connectivity index (χ1) is 32.2. The Morgan fingerprint density at radius 2 is 0.908 bits per heavy atom. The predicted octanol–water partition coefficient (Wildman–Crippen LogP) is 10.8. The summed E-state index contributed by atoms with van der Waals surface area (Å²) in [5.41, 5.74) is 12.3. The lowest BCUT2D eigenvalue weighted by Gasteiger charge is -2.35. The van der Waals surface area contributed by atoms with Crippen molar-refractivity contribution < 1.29 is 9.39 Å². The van der Waals surface area contributed by atoms with Crippen LogP contribution in [-0.4, -0.2) is 19.6 Å². The third-order valence-corrected chi connectivity index (χ3v) is 18.4. The molecule has 13 rings (SSSR count). The standard InChI is InChI=1S/C60H40BNO2Si/c1-4-19-44(20-5-1)65(45-21-6-2-7-22-45,46-23-8-3-9-24-46)47-25-16-18-41(38-47)42-35-37-57-52(39-42)51-29-17-33-58-60(51)61(64-57)53-36-34-43(40-59(53)63-58)48-26-10-13-30-54(48)62-55-31-14-11-27-49(55)50-28-12-15-32-56(50)62/h1-40H. The molecule has 2 aliphatic heterocycles. The number of fused-ring (bicyclic) bond motifs is 7. The molecule has 5 heteroatoms. The Morgan fingerprint density at radius 1 is 0.354 bits per heavy atom. The molecule has 1 aromatic heterocycles. The normalized spacial score (nSPS) is 12.5. The van der Waals surface area contributed by atoms with Crippen LogP contribution in [0.1, 0.15) is 0 Å². The summed E-state index contributed by atoms with van der Waals surface area (Å²) in [5.74, 6) is 2.51. The smallest absolute Gasteiger partial charge is 0.434 e. The number of hydrogen-bond donors (Lipinski definition) is 0. The first-order valence-electron chi connectivity index (χ1n) is 22.4. The van der Waals surface area contributed by atoms with Crippen LogP contribution in [0.3, 0.4) is 0 Å². The van der Waals surface area contributed by atoms with Crippen molar-refractivity contribution in [1.82, 2.24) is 4.57 Å². The Kier molecular flexibility index (Phi) is 8.65. The minimum atomic E-state index is -2.71. The number of rotatable bonds is 7.